The molecule has 0 spiro atoms. The highest BCUT2D eigenvalue weighted by Gasteiger charge is 2.23. The van der Waals surface area contributed by atoms with Gasteiger partial charge in [0.05, 0.1) is 11.3 Å². The van der Waals surface area contributed by atoms with E-state index in [1.165, 1.54) is 18.2 Å². The Morgan fingerprint density at radius 2 is 1.67 bits per heavy atom. The third-order valence-electron chi connectivity index (χ3n) is 4.86. The summed E-state index contributed by atoms with van der Waals surface area (Å²) in [5, 5.41) is 7.42. The Balaban J connectivity index is 1.74. The molecule has 1 aliphatic carbocycles. The van der Waals surface area contributed by atoms with Gasteiger partial charge in [0.25, 0.3) is 5.91 Å². The molecule has 0 bridgehead atoms. The van der Waals surface area contributed by atoms with E-state index in [-0.39, 0.29) is 21.8 Å². The molecule has 30 heavy (non-hydrogen) atoms. The SMILES string of the molecule is Cc1cc(NC(=O)c2cc(NC(=O)C(=O)NC3CCCC3)c(F)cc2Br)ccc1F. The van der Waals surface area contributed by atoms with E-state index in [4.69, 9.17) is 0 Å². The second-order valence-electron chi connectivity index (χ2n) is 7.14. The number of nitrogens with one attached hydrogen (secondary N) is 3. The first-order chi connectivity index (χ1) is 14.2. The van der Waals surface area contributed by atoms with E-state index in [1.54, 1.807) is 6.92 Å². The van der Waals surface area contributed by atoms with Crippen LogP contribution in [-0.2, 0) is 9.59 Å². The Morgan fingerprint density at radius 3 is 2.33 bits per heavy atom. The van der Waals surface area contributed by atoms with E-state index >= 15 is 0 Å². The molecule has 3 N–H and O–H groups in total. The average molecular weight is 480 g/mol. The van der Waals surface area contributed by atoms with Gasteiger partial charge in [-0.2, -0.15) is 0 Å². The van der Waals surface area contributed by atoms with Gasteiger partial charge in [0.15, 0.2) is 0 Å². The van der Waals surface area contributed by atoms with Crippen LogP contribution in [0.15, 0.2) is 34.8 Å². The lowest BCUT2D eigenvalue weighted by Gasteiger charge is -2.13. The van der Waals surface area contributed by atoms with Crippen molar-refractivity contribution < 1.29 is 23.2 Å². The van der Waals surface area contributed by atoms with Crippen molar-refractivity contribution in [1.82, 2.24) is 5.32 Å². The summed E-state index contributed by atoms with van der Waals surface area (Å²) >= 11 is 3.12. The lowest BCUT2D eigenvalue weighted by molar-refractivity contribution is -0.136. The van der Waals surface area contributed by atoms with E-state index < -0.39 is 29.4 Å². The zero-order valence-electron chi connectivity index (χ0n) is 16.2. The maximum Gasteiger partial charge on any atom is 0.313 e. The predicted molar refractivity (Wildman–Crippen MR) is 112 cm³/mol. The van der Waals surface area contributed by atoms with Crippen LogP contribution in [0.3, 0.4) is 0 Å². The van der Waals surface area contributed by atoms with Crippen LogP contribution in [0.4, 0.5) is 20.2 Å². The van der Waals surface area contributed by atoms with Crippen molar-refractivity contribution in [2.75, 3.05) is 10.6 Å². The van der Waals surface area contributed by atoms with Crippen LogP contribution in [-0.4, -0.2) is 23.8 Å². The quantitative estimate of drug-likeness (QED) is 0.571. The molecular formula is C21H20BrF2N3O3. The molecule has 1 fully saturated rings. The van der Waals surface area contributed by atoms with E-state index in [0.717, 1.165) is 37.8 Å². The van der Waals surface area contributed by atoms with Crippen molar-refractivity contribution in [1.29, 1.82) is 0 Å². The molecule has 6 nitrogen and oxygen atoms in total. The normalized spacial score (nSPS) is 13.7. The fraction of sp³-hybridized carbons (Fsp3) is 0.286. The fourth-order valence-electron chi connectivity index (χ4n) is 3.24. The first-order valence-electron chi connectivity index (χ1n) is 9.43. The average Bonchev–Trinajstić information content (AvgIpc) is 3.19. The third-order valence-corrected chi connectivity index (χ3v) is 5.52. The van der Waals surface area contributed by atoms with Gasteiger partial charge in [0.2, 0.25) is 0 Å². The van der Waals surface area contributed by atoms with Crippen LogP contribution < -0.4 is 16.0 Å². The standard InChI is InChI=1S/C21H20BrF2N3O3/c1-11-8-13(6-7-16(11)23)26-19(28)14-9-18(17(24)10-15(14)22)27-21(30)20(29)25-12-4-2-3-5-12/h6-10,12H,2-5H2,1H3,(H,25,29)(H,26,28)(H,27,30). The van der Waals surface area contributed by atoms with Gasteiger partial charge < -0.3 is 16.0 Å². The van der Waals surface area contributed by atoms with Crippen LogP contribution in [0, 0.1) is 18.6 Å². The van der Waals surface area contributed by atoms with Crippen LogP contribution >= 0.6 is 15.9 Å². The van der Waals surface area contributed by atoms with E-state index in [0.29, 0.717) is 11.3 Å². The van der Waals surface area contributed by atoms with Crippen LogP contribution in [0.1, 0.15) is 41.6 Å². The number of benzene rings is 2. The summed E-state index contributed by atoms with van der Waals surface area (Å²) in [6.07, 6.45) is 3.58. The van der Waals surface area contributed by atoms with Gasteiger partial charge in [-0.15, -0.1) is 0 Å². The lowest BCUT2D eigenvalue weighted by Crippen LogP contribution is -2.40. The Kier molecular flexibility index (Phi) is 6.81. The molecule has 0 saturated heterocycles. The van der Waals surface area contributed by atoms with Crippen LogP contribution in [0.25, 0.3) is 0 Å². The van der Waals surface area contributed by atoms with Crippen molar-refractivity contribution in [3.8, 4) is 0 Å². The van der Waals surface area contributed by atoms with E-state index in [9.17, 15) is 23.2 Å². The molecule has 0 heterocycles. The molecule has 2 aromatic rings. The molecular weight excluding hydrogens is 460 g/mol. The number of amides is 3. The van der Waals surface area contributed by atoms with Gasteiger partial charge in [-0.05, 0) is 71.6 Å². The Morgan fingerprint density at radius 1 is 0.967 bits per heavy atom. The molecule has 2 aromatic carbocycles. The van der Waals surface area contributed by atoms with Crippen LogP contribution in [0.5, 0.6) is 0 Å². The molecule has 0 aliphatic heterocycles. The number of carbonyl (C=O) groups is 3. The van der Waals surface area contributed by atoms with Gasteiger partial charge in [0, 0.05) is 16.2 Å². The number of aryl methyl sites for hydroxylation is 1. The zero-order valence-corrected chi connectivity index (χ0v) is 17.7. The minimum absolute atomic E-state index is 0.0323. The van der Waals surface area contributed by atoms with Gasteiger partial charge in [-0.1, -0.05) is 12.8 Å². The molecule has 158 valence electrons. The fourth-order valence-corrected chi connectivity index (χ4v) is 3.74. The summed E-state index contributed by atoms with van der Waals surface area (Å²) in [5.74, 6) is -3.67. The van der Waals surface area contributed by atoms with Gasteiger partial charge >= 0.3 is 11.8 Å². The number of anilines is 2. The number of rotatable bonds is 4. The van der Waals surface area contributed by atoms with Gasteiger partial charge in [0.1, 0.15) is 11.6 Å². The number of hydrogen-bond donors (Lipinski definition) is 3. The monoisotopic (exact) mass is 479 g/mol. The smallest absolute Gasteiger partial charge is 0.313 e. The molecule has 0 radical (unpaired) electrons. The summed E-state index contributed by atoms with van der Waals surface area (Å²) in [6, 6.07) is 6.17. The number of carbonyl (C=O) groups excluding carboxylic acids is 3. The lowest BCUT2D eigenvalue weighted by atomic mass is 10.1. The minimum Gasteiger partial charge on any atom is -0.345 e. The van der Waals surface area contributed by atoms with Crippen molar-refractivity contribution in [3.05, 3.63) is 57.6 Å². The molecule has 0 aromatic heterocycles. The highest BCUT2D eigenvalue weighted by atomic mass is 79.9. The molecule has 9 heteroatoms. The first-order valence-corrected chi connectivity index (χ1v) is 10.2. The van der Waals surface area contributed by atoms with E-state index in [1.807, 2.05) is 0 Å². The van der Waals surface area contributed by atoms with Crippen molar-refractivity contribution >= 4 is 45.0 Å². The molecule has 3 rings (SSSR count). The number of halogens is 3. The molecule has 1 saturated carbocycles. The maximum atomic E-state index is 14.3. The summed E-state index contributed by atoms with van der Waals surface area (Å²) in [5.41, 5.74) is 0.443. The van der Waals surface area contributed by atoms with Crippen molar-refractivity contribution in [2.45, 2.75) is 38.6 Å². The Labute approximate surface area is 180 Å². The number of hydrogen-bond acceptors (Lipinski definition) is 3. The van der Waals surface area contributed by atoms with E-state index in [2.05, 4.69) is 31.9 Å². The third kappa shape index (κ3) is 5.21. The van der Waals surface area contributed by atoms with Gasteiger partial charge in [-0.25, -0.2) is 8.78 Å². The summed E-state index contributed by atoms with van der Waals surface area (Å²) in [7, 11) is 0. The van der Waals surface area contributed by atoms with Crippen molar-refractivity contribution in [2.24, 2.45) is 0 Å². The molecule has 3 amide bonds. The predicted octanol–water partition coefficient (Wildman–Crippen LogP) is 4.29. The van der Waals surface area contributed by atoms with Gasteiger partial charge in [-0.3, -0.25) is 14.4 Å². The maximum absolute atomic E-state index is 14.3. The topological polar surface area (TPSA) is 87.3 Å². The minimum atomic E-state index is -1.01. The Hall–Kier alpha value is -2.81. The zero-order chi connectivity index (χ0) is 21.8. The highest BCUT2D eigenvalue weighted by molar-refractivity contribution is 9.10. The summed E-state index contributed by atoms with van der Waals surface area (Å²) in [6.45, 7) is 1.56. The summed E-state index contributed by atoms with van der Waals surface area (Å²) in [4.78, 5) is 36.8. The molecule has 0 unspecified atom stereocenters. The second-order valence-corrected chi connectivity index (χ2v) is 7.99. The highest BCUT2D eigenvalue weighted by Crippen LogP contribution is 2.26. The molecule has 1 aliphatic rings. The van der Waals surface area contributed by atoms with Crippen LogP contribution in [0.2, 0.25) is 0 Å². The molecule has 0 atom stereocenters. The Bertz CT molecular complexity index is 1010. The van der Waals surface area contributed by atoms with Crippen molar-refractivity contribution in [3.63, 3.8) is 0 Å². The largest absolute Gasteiger partial charge is 0.345 e. The second kappa shape index (κ2) is 9.34. The first kappa shape index (κ1) is 21.9. The summed E-state index contributed by atoms with van der Waals surface area (Å²) < 4.78 is 27.9.